The maximum atomic E-state index is 11.9. The summed E-state index contributed by atoms with van der Waals surface area (Å²) in [6, 6.07) is 1.81. The molecule has 0 fully saturated rings. The molecule has 0 radical (unpaired) electrons. The Bertz CT molecular complexity index is 438. The second kappa shape index (κ2) is 4.97. The number of nitro benzene ring substituents is 1. The number of hydrogen-bond donors (Lipinski definition) is 0. The van der Waals surface area contributed by atoms with Gasteiger partial charge in [-0.3, -0.25) is 14.9 Å². The van der Waals surface area contributed by atoms with Gasteiger partial charge in [-0.15, -0.1) is 0 Å². The lowest BCUT2D eigenvalue weighted by Crippen LogP contribution is -2.04. The molecule has 16 heavy (non-hydrogen) atoms. The molecule has 0 aromatic heterocycles. The number of carbonyl (C=O) groups is 1. The minimum atomic E-state index is -3.10. The van der Waals surface area contributed by atoms with Gasteiger partial charge in [0.05, 0.1) is 21.0 Å². The van der Waals surface area contributed by atoms with Crippen LogP contribution in [0.15, 0.2) is 16.6 Å². The topological polar surface area (TPSA) is 69.4 Å². The average Bonchev–Trinajstić information content (AvgIpc) is 2.19. The van der Waals surface area contributed by atoms with Crippen molar-refractivity contribution in [2.45, 2.75) is 6.61 Å². The standard InChI is InChI=1S/C8H4BrF2NO4/c9-5-1-4(3-13)6(12(14)15)2-7(5)16-8(10)11/h1-3,8H. The molecule has 0 atom stereocenters. The zero-order chi connectivity index (χ0) is 12.3. The molecule has 0 heterocycles. The van der Waals surface area contributed by atoms with Gasteiger partial charge in [0.25, 0.3) is 5.69 Å². The number of benzene rings is 1. The Morgan fingerprint density at radius 1 is 1.50 bits per heavy atom. The van der Waals surface area contributed by atoms with Crippen LogP contribution in [0, 0.1) is 10.1 Å². The van der Waals surface area contributed by atoms with Crippen LogP contribution in [0.1, 0.15) is 10.4 Å². The van der Waals surface area contributed by atoms with E-state index in [1.807, 2.05) is 0 Å². The van der Waals surface area contributed by atoms with Crippen LogP contribution in [0.4, 0.5) is 14.5 Å². The van der Waals surface area contributed by atoms with Crippen LogP contribution < -0.4 is 4.74 Å². The van der Waals surface area contributed by atoms with Gasteiger partial charge in [0.1, 0.15) is 5.75 Å². The Kier molecular flexibility index (Phi) is 3.88. The first-order valence-electron chi connectivity index (χ1n) is 3.83. The van der Waals surface area contributed by atoms with Gasteiger partial charge in [-0.2, -0.15) is 8.78 Å². The highest BCUT2D eigenvalue weighted by molar-refractivity contribution is 9.10. The van der Waals surface area contributed by atoms with E-state index in [0.29, 0.717) is 0 Å². The Balaban J connectivity index is 3.27. The first-order valence-corrected chi connectivity index (χ1v) is 4.63. The molecule has 0 amide bonds. The van der Waals surface area contributed by atoms with Gasteiger partial charge in [0, 0.05) is 0 Å². The molecule has 86 valence electrons. The molecule has 0 saturated carbocycles. The summed E-state index contributed by atoms with van der Waals surface area (Å²) in [7, 11) is 0. The van der Waals surface area contributed by atoms with Crippen molar-refractivity contribution in [1.29, 1.82) is 0 Å². The van der Waals surface area contributed by atoms with Crippen LogP contribution >= 0.6 is 15.9 Å². The minimum Gasteiger partial charge on any atom is -0.433 e. The normalized spacial score (nSPS) is 10.2. The summed E-state index contributed by atoms with van der Waals surface area (Å²) in [5, 5.41) is 10.5. The molecule has 1 rings (SSSR count). The number of alkyl halides is 2. The summed E-state index contributed by atoms with van der Waals surface area (Å²) in [5.74, 6) is -0.396. The van der Waals surface area contributed by atoms with E-state index in [0.717, 1.165) is 12.1 Å². The molecule has 0 unspecified atom stereocenters. The largest absolute Gasteiger partial charge is 0.433 e. The zero-order valence-corrected chi connectivity index (χ0v) is 9.11. The molecule has 0 bridgehead atoms. The van der Waals surface area contributed by atoms with E-state index in [2.05, 4.69) is 20.7 Å². The van der Waals surface area contributed by atoms with E-state index < -0.39 is 23.0 Å². The van der Waals surface area contributed by atoms with Gasteiger partial charge < -0.3 is 4.74 Å². The van der Waals surface area contributed by atoms with Gasteiger partial charge >= 0.3 is 6.61 Å². The Labute approximate surface area is 96.3 Å². The Hall–Kier alpha value is -1.57. The van der Waals surface area contributed by atoms with Crippen molar-refractivity contribution >= 4 is 27.9 Å². The highest BCUT2D eigenvalue weighted by Gasteiger charge is 2.19. The van der Waals surface area contributed by atoms with Gasteiger partial charge in [-0.1, -0.05) is 0 Å². The predicted octanol–water partition coefficient (Wildman–Crippen LogP) is 2.77. The van der Waals surface area contributed by atoms with E-state index >= 15 is 0 Å². The van der Waals surface area contributed by atoms with Crippen molar-refractivity contribution in [3.05, 3.63) is 32.3 Å². The average molecular weight is 296 g/mol. The molecule has 8 heteroatoms. The predicted molar refractivity (Wildman–Crippen MR) is 52.8 cm³/mol. The van der Waals surface area contributed by atoms with E-state index in [1.54, 1.807) is 0 Å². The molecular weight excluding hydrogens is 292 g/mol. The zero-order valence-electron chi connectivity index (χ0n) is 7.52. The quantitative estimate of drug-likeness (QED) is 0.486. The van der Waals surface area contributed by atoms with E-state index in [-0.39, 0.29) is 16.3 Å². The molecule has 5 nitrogen and oxygen atoms in total. The number of aldehydes is 1. The summed E-state index contributed by atoms with van der Waals surface area (Å²) >= 11 is 2.86. The molecule has 0 N–H and O–H groups in total. The summed E-state index contributed by atoms with van der Waals surface area (Å²) in [6.07, 6.45) is 0.259. The third-order valence-electron chi connectivity index (χ3n) is 1.62. The fraction of sp³-hybridized carbons (Fsp3) is 0.125. The number of halogens is 3. The van der Waals surface area contributed by atoms with E-state index in [9.17, 15) is 23.7 Å². The lowest BCUT2D eigenvalue weighted by molar-refractivity contribution is -0.385. The lowest BCUT2D eigenvalue weighted by Gasteiger charge is -2.07. The first kappa shape index (κ1) is 12.5. The fourth-order valence-electron chi connectivity index (χ4n) is 0.997. The number of ether oxygens (including phenoxy) is 1. The van der Waals surface area contributed by atoms with Gasteiger partial charge in [-0.05, 0) is 22.0 Å². The highest BCUT2D eigenvalue weighted by Crippen LogP contribution is 2.33. The number of nitrogens with zero attached hydrogens (tertiary/aromatic N) is 1. The van der Waals surface area contributed by atoms with Crippen molar-refractivity contribution < 1.29 is 23.2 Å². The van der Waals surface area contributed by atoms with Gasteiger partial charge in [-0.25, -0.2) is 0 Å². The molecule has 1 aromatic rings. The highest BCUT2D eigenvalue weighted by atomic mass is 79.9. The van der Waals surface area contributed by atoms with Crippen LogP contribution in [-0.4, -0.2) is 17.8 Å². The lowest BCUT2D eigenvalue weighted by atomic mass is 10.2. The number of nitro groups is 1. The Morgan fingerprint density at radius 2 is 2.12 bits per heavy atom. The summed E-state index contributed by atoms with van der Waals surface area (Å²) in [4.78, 5) is 20.2. The first-order chi connectivity index (χ1) is 7.45. The van der Waals surface area contributed by atoms with Crippen LogP contribution in [0.5, 0.6) is 5.75 Å². The maximum absolute atomic E-state index is 11.9. The molecule has 0 aliphatic rings. The van der Waals surface area contributed by atoms with Gasteiger partial charge in [0.2, 0.25) is 0 Å². The molecule has 1 aromatic carbocycles. The SMILES string of the molecule is O=Cc1cc(Br)c(OC(F)F)cc1[N+](=O)[O-]. The summed E-state index contributed by atoms with van der Waals surface area (Å²) < 4.78 is 27.9. The molecule has 0 aliphatic carbocycles. The molecule has 0 spiro atoms. The van der Waals surface area contributed by atoms with Crippen molar-refractivity contribution in [2.24, 2.45) is 0 Å². The van der Waals surface area contributed by atoms with Crippen molar-refractivity contribution in [3.63, 3.8) is 0 Å². The third-order valence-corrected chi connectivity index (χ3v) is 2.24. The second-order valence-corrected chi connectivity index (χ2v) is 3.45. The monoisotopic (exact) mass is 295 g/mol. The molecule has 0 aliphatic heterocycles. The molecule has 0 saturated heterocycles. The maximum Gasteiger partial charge on any atom is 0.387 e. The van der Waals surface area contributed by atoms with Crippen LogP contribution in [0.2, 0.25) is 0 Å². The smallest absolute Gasteiger partial charge is 0.387 e. The number of hydrogen-bond acceptors (Lipinski definition) is 4. The number of carbonyl (C=O) groups excluding carboxylic acids is 1. The van der Waals surface area contributed by atoms with Crippen LogP contribution in [0.3, 0.4) is 0 Å². The van der Waals surface area contributed by atoms with Gasteiger partial charge in [0.15, 0.2) is 6.29 Å². The fourth-order valence-corrected chi connectivity index (χ4v) is 1.45. The number of rotatable bonds is 4. The Morgan fingerprint density at radius 3 is 2.56 bits per heavy atom. The van der Waals surface area contributed by atoms with Crippen LogP contribution in [0.25, 0.3) is 0 Å². The van der Waals surface area contributed by atoms with Crippen molar-refractivity contribution in [1.82, 2.24) is 0 Å². The summed E-state index contributed by atoms with van der Waals surface area (Å²) in [5.41, 5.74) is -0.813. The van der Waals surface area contributed by atoms with Crippen molar-refractivity contribution in [3.8, 4) is 5.75 Å². The summed E-state index contributed by atoms with van der Waals surface area (Å²) in [6.45, 7) is -3.10. The molecular formula is C8H4BrF2NO4. The van der Waals surface area contributed by atoms with Crippen LogP contribution in [-0.2, 0) is 0 Å². The minimum absolute atomic E-state index is 0.0421. The van der Waals surface area contributed by atoms with Crippen molar-refractivity contribution in [2.75, 3.05) is 0 Å². The third kappa shape index (κ3) is 2.72. The second-order valence-electron chi connectivity index (χ2n) is 2.59. The van der Waals surface area contributed by atoms with E-state index in [1.165, 1.54) is 0 Å². The van der Waals surface area contributed by atoms with E-state index in [4.69, 9.17) is 0 Å².